The fourth-order valence-corrected chi connectivity index (χ4v) is 0.978. The van der Waals surface area contributed by atoms with Crippen molar-refractivity contribution in [2.24, 2.45) is 0 Å². The first-order valence-electron chi connectivity index (χ1n) is 3.45. The lowest BCUT2D eigenvalue weighted by Crippen LogP contribution is -2.00. The molecular formula is C8H8N2O2. The van der Waals surface area contributed by atoms with Crippen molar-refractivity contribution in [2.45, 2.75) is 0 Å². The van der Waals surface area contributed by atoms with Crippen molar-refractivity contribution in [2.75, 3.05) is 11.5 Å². The highest BCUT2D eigenvalue weighted by atomic mass is 16.5. The third kappa shape index (κ3) is 0.934. The standard InChI is InChI=1S/C8H8N2O2/c9-5-3-7-8(4-6(5)10)12-2-1-11-7/h1-4H,9-10H2. The maximum Gasteiger partial charge on any atom is 0.171 e. The van der Waals surface area contributed by atoms with E-state index in [1.165, 1.54) is 12.5 Å². The molecule has 0 saturated heterocycles. The third-order valence-corrected chi connectivity index (χ3v) is 1.59. The second kappa shape index (κ2) is 2.34. The van der Waals surface area contributed by atoms with Gasteiger partial charge in [0.2, 0.25) is 0 Å². The number of nitrogen functional groups attached to an aromatic ring is 2. The highest BCUT2D eigenvalue weighted by Crippen LogP contribution is 2.35. The molecule has 12 heavy (non-hydrogen) atoms. The molecule has 1 aliphatic rings. The van der Waals surface area contributed by atoms with Crippen LogP contribution in [0.3, 0.4) is 0 Å². The van der Waals surface area contributed by atoms with Gasteiger partial charge in [0.05, 0.1) is 11.4 Å². The highest BCUT2D eigenvalue weighted by molar-refractivity contribution is 5.69. The average Bonchev–Trinajstić information content (AvgIpc) is 2.07. The van der Waals surface area contributed by atoms with Gasteiger partial charge in [-0.1, -0.05) is 0 Å². The first kappa shape index (κ1) is 6.84. The molecule has 0 atom stereocenters. The molecule has 62 valence electrons. The summed E-state index contributed by atoms with van der Waals surface area (Å²) in [6.45, 7) is 0. The maximum atomic E-state index is 5.56. The van der Waals surface area contributed by atoms with E-state index in [-0.39, 0.29) is 0 Å². The number of anilines is 2. The zero-order valence-corrected chi connectivity index (χ0v) is 6.28. The van der Waals surface area contributed by atoms with E-state index in [4.69, 9.17) is 20.9 Å². The second-order valence-electron chi connectivity index (χ2n) is 2.44. The summed E-state index contributed by atoms with van der Waals surface area (Å²) < 4.78 is 10.2. The number of hydrogen-bond donors (Lipinski definition) is 2. The smallest absolute Gasteiger partial charge is 0.171 e. The molecule has 0 spiro atoms. The van der Waals surface area contributed by atoms with Crippen molar-refractivity contribution in [3.8, 4) is 11.5 Å². The van der Waals surface area contributed by atoms with Crippen LogP contribution >= 0.6 is 0 Å². The Hall–Kier alpha value is -1.84. The molecule has 0 radical (unpaired) electrons. The molecule has 0 unspecified atom stereocenters. The molecule has 1 heterocycles. The van der Waals surface area contributed by atoms with Gasteiger partial charge in [0.25, 0.3) is 0 Å². The van der Waals surface area contributed by atoms with Crippen molar-refractivity contribution in [3.05, 3.63) is 24.7 Å². The number of rotatable bonds is 0. The molecule has 4 nitrogen and oxygen atoms in total. The summed E-state index contributed by atoms with van der Waals surface area (Å²) in [6.07, 6.45) is 2.88. The Morgan fingerprint density at radius 2 is 1.25 bits per heavy atom. The van der Waals surface area contributed by atoms with Crippen LogP contribution in [0.1, 0.15) is 0 Å². The zero-order valence-electron chi connectivity index (χ0n) is 6.28. The topological polar surface area (TPSA) is 70.5 Å². The summed E-state index contributed by atoms with van der Waals surface area (Å²) in [6, 6.07) is 3.27. The molecular weight excluding hydrogens is 156 g/mol. The van der Waals surface area contributed by atoms with Gasteiger partial charge < -0.3 is 20.9 Å². The van der Waals surface area contributed by atoms with Crippen molar-refractivity contribution >= 4 is 11.4 Å². The van der Waals surface area contributed by atoms with E-state index in [1.54, 1.807) is 12.1 Å². The SMILES string of the molecule is Nc1cc2c(cc1N)OC=CO2. The largest absolute Gasteiger partial charge is 0.458 e. The fourth-order valence-electron chi connectivity index (χ4n) is 0.978. The van der Waals surface area contributed by atoms with Crippen LogP contribution in [0.25, 0.3) is 0 Å². The summed E-state index contributed by atoms with van der Waals surface area (Å²) in [5, 5.41) is 0. The number of fused-ring (bicyclic) bond motifs is 1. The van der Waals surface area contributed by atoms with Crippen LogP contribution in [-0.2, 0) is 0 Å². The zero-order chi connectivity index (χ0) is 8.55. The first-order chi connectivity index (χ1) is 5.77. The van der Waals surface area contributed by atoms with Crippen LogP contribution in [0.2, 0.25) is 0 Å². The highest BCUT2D eigenvalue weighted by Gasteiger charge is 2.10. The van der Waals surface area contributed by atoms with Crippen molar-refractivity contribution < 1.29 is 9.47 Å². The van der Waals surface area contributed by atoms with Crippen LogP contribution in [-0.4, -0.2) is 0 Å². The van der Waals surface area contributed by atoms with Crippen molar-refractivity contribution in [1.29, 1.82) is 0 Å². The number of nitrogens with two attached hydrogens (primary N) is 2. The van der Waals surface area contributed by atoms with Gasteiger partial charge >= 0.3 is 0 Å². The molecule has 1 aromatic rings. The van der Waals surface area contributed by atoms with Gasteiger partial charge in [-0.3, -0.25) is 0 Å². The van der Waals surface area contributed by atoms with Crippen molar-refractivity contribution in [3.63, 3.8) is 0 Å². The Labute approximate surface area is 69.4 Å². The fraction of sp³-hybridized carbons (Fsp3) is 0. The summed E-state index contributed by atoms with van der Waals surface area (Å²) in [4.78, 5) is 0. The Balaban J connectivity index is 2.53. The number of hydrogen-bond acceptors (Lipinski definition) is 4. The van der Waals surface area contributed by atoms with E-state index in [9.17, 15) is 0 Å². The van der Waals surface area contributed by atoms with Gasteiger partial charge in [0.15, 0.2) is 11.5 Å². The summed E-state index contributed by atoms with van der Waals surface area (Å²) >= 11 is 0. The van der Waals surface area contributed by atoms with Gasteiger partial charge in [-0.25, -0.2) is 0 Å². The molecule has 4 heteroatoms. The van der Waals surface area contributed by atoms with Gasteiger partial charge in [-0.05, 0) is 0 Å². The lowest BCUT2D eigenvalue weighted by atomic mass is 10.2. The van der Waals surface area contributed by atoms with E-state index >= 15 is 0 Å². The molecule has 2 rings (SSSR count). The van der Waals surface area contributed by atoms with Crippen LogP contribution in [0.5, 0.6) is 11.5 Å². The molecule has 0 aromatic heterocycles. The summed E-state index contributed by atoms with van der Waals surface area (Å²) in [5.41, 5.74) is 12.1. The Morgan fingerprint density at radius 1 is 0.833 bits per heavy atom. The van der Waals surface area contributed by atoms with Crippen LogP contribution in [0, 0.1) is 0 Å². The van der Waals surface area contributed by atoms with Crippen LogP contribution in [0.15, 0.2) is 24.7 Å². The van der Waals surface area contributed by atoms with E-state index in [2.05, 4.69) is 0 Å². The normalized spacial score (nSPS) is 13.0. The van der Waals surface area contributed by atoms with E-state index < -0.39 is 0 Å². The predicted octanol–water partition coefficient (Wildman–Crippen LogP) is 1.09. The minimum Gasteiger partial charge on any atom is -0.458 e. The predicted molar refractivity (Wildman–Crippen MR) is 45.7 cm³/mol. The van der Waals surface area contributed by atoms with Crippen LogP contribution < -0.4 is 20.9 Å². The number of benzene rings is 1. The third-order valence-electron chi connectivity index (χ3n) is 1.59. The molecule has 0 aliphatic carbocycles. The lowest BCUT2D eigenvalue weighted by Gasteiger charge is -2.13. The quantitative estimate of drug-likeness (QED) is 0.563. The van der Waals surface area contributed by atoms with Crippen molar-refractivity contribution in [1.82, 2.24) is 0 Å². The van der Waals surface area contributed by atoms with E-state index in [1.807, 2.05) is 0 Å². The average molecular weight is 164 g/mol. The number of ether oxygens (including phenoxy) is 2. The Kier molecular flexibility index (Phi) is 1.33. The Bertz CT molecular complexity index is 314. The minimum atomic E-state index is 0.493. The first-order valence-corrected chi connectivity index (χ1v) is 3.45. The van der Waals surface area contributed by atoms with Gasteiger partial charge in [-0.2, -0.15) is 0 Å². The minimum absolute atomic E-state index is 0.493. The maximum absolute atomic E-state index is 5.56. The molecule has 1 aromatic carbocycles. The van der Waals surface area contributed by atoms with Crippen LogP contribution in [0.4, 0.5) is 11.4 Å². The monoisotopic (exact) mass is 164 g/mol. The van der Waals surface area contributed by atoms with Gasteiger partial charge in [-0.15, -0.1) is 0 Å². The summed E-state index contributed by atoms with van der Waals surface area (Å²) in [7, 11) is 0. The molecule has 0 amide bonds. The van der Waals surface area contributed by atoms with Gasteiger partial charge in [0.1, 0.15) is 12.5 Å². The van der Waals surface area contributed by atoms with Gasteiger partial charge in [0, 0.05) is 12.1 Å². The summed E-state index contributed by atoms with van der Waals surface area (Å²) in [5.74, 6) is 1.17. The Morgan fingerprint density at radius 3 is 1.67 bits per heavy atom. The molecule has 0 saturated carbocycles. The molecule has 4 N–H and O–H groups in total. The van der Waals surface area contributed by atoms with E-state index in [0.29, 0.717) is 22.9 Å². The molecule has 0 fully saturated rings. The lowest BCUT2D eigenvalue weighted by molar-refractivity contribution is 0.362. The molecule has 0 bridgehead atoms. The van der Waals surface area contributed by atoms with E-state index in [0.717, 1.165) is 0 Å². The molecule has 1 aliphatic heterocycles. The second-order valence-corrected chi connectivity index (χ2v) is 2.44.